The summed E-state index contributed by atoms with van der Waals surface area (Å²) < 4.78 is 7.03. The van der Waals surface area contributed by atoms with E-state index in [0.29, 0.717) is 34.5 Å². The Morgan fingerprint density at radius 1 is 1.35 bits per heavy atom. The van der Waals surface area contributed by atoms with E-state index in [1.807, 2.05) is 4.57 Å². The number of halogens is 3. The highest BCUT2D eigenvalue weighted by atomic mass is 35.5. The SMILES string of the molecule is NC(=O)COCCn1c(CCl)nc2cc(Cl)c(Cl)cc21. The van der Waals surface area contributed by atoms with Crippen molar-refractivity contribution < 1.29 is 9.53 Å². The Kier molecular flexibility index (Phi) is 5.10. The second-order valence-corrected chi connectivity index (χ2v) is 5.17. The van der Waals surface area contributed by atoms with E-state index in [-0.39, 0.29) is 12.5 Å². The number of carbonyl (C=O) groups excluding carboxylic acids is 1. The number of benzene rings is 1. The summed E-state index contributed by atoms with van der Waals surface area (Å²) in [6.07, 6.45) is 0. The van der Waals surface area contributed by atoms with Crippen LogP contribution in [0.2, 0.25) is 10.0 Å². The molecule has 1 aromatic heterocycles. The molecule has 1 aromatic carbocycles. The molecular formula is C12H12Cl3N3O2. The van der Waals surface area contributed by atoms with Crippen LogP contribution in [0, 0.1) is 0 Å². The maximum absolute atomic E-state index is 10.6. The lowest BCUT2D eigenvalue weighted by Gasteiger charge is -2.08. The minimum atomic E-state index is -0.507. The third-order valence-electron chi connectivity index (χ3n) is 2.69. The molecule has 2 aromatic rings. The molecule has 1 amide bonds. The summed E-state index contributed by atoms with van der Waals surface area (Å²) in [7, 11) is 0. The standard InChI is InChI=1S/C12H12Cl3N3O2/c13-5-12-17-9-3-7(14)8(15)4-10(9)18(12)1-2-20-6-11(16)19/h3-4H,1-2,5-6H2,(H2,16,19). The molecule has 0 atom stereocenters. The zero-order valence-corrected chi connectivity index (χ0v) is 12.7. The minimum Gasteiger partial charge on any atom is -0.370 e. The van der Waals surface area contributed by atoms with E-state index in [4.69, 9.17) is 45.3 Å². The Bertz CT molecular complexity index is 642. The normalized spacial score (nSPS) is 11.2. The summed E-state index contributed by atoms with van der Waals surface area (Å²) in [4.78, 5) is 15.0. The number of alkyl halides is 1. The molecular weight excluding hydrogens is 325 g/mol. The molecule has 1 heterocycles. The van der Waals surface area contributed by atoms with Crippen LogP contribution in [-0.4, -0.2) is 28.7 Å². The van der Waals surface area contributed by atoms with Gasteiger partial charge in [0.2, 0.25) is 5.91 Å². The molecule has 2 rings (SSSR count). The van der Waals surface area contributed by atoms with E-state index in [1.165, 1.54) is 0 Å². The van der Waals surface area contributed by atoms with Gasteiger partial charge in [0, 0.05) is 6.54 Å². The number of rotatable bonds is 6. The first-order valence-electron chi connectivity index (χ1n) is 5.79. The molecule has 0 fully saturated rings. The van der Waals surface area contributed by atoms with Crippen molar-refractivity contribution >= 4 is 51.7 Å². The van der Waals surface area contributed by atoms with E-state index in [2.05, 4.69) is 4.98 Å². The smallest absolute Gasteiger partial charge is 0.243 e. The molecule has 0 spiro atoms. The number of nitrogens with zero attached hydrogens (tertiary/aromatic N) is 2. The lowest BCUT2D eigenvalue weighted by molar-refractivity contribution is -0.122. The van der Waals surface area contributed by atoms with Crippen LogP contribution < -0.4 is 5.73 Å². The molecule has 0 saturated carbocycles. The van der Waals surface area contributed by atoms with Gasteiger partial charge >= 0.3 is 0 Å². The number of amides is 1. The van der Waals surface area contributed by atoms with Gasteiger partial charge in [-0.1, -0.05) is 23.2 Å². The Labute approximate surface area is 130 Å². The Balaban J connectivity index is 2.25. The Hall–Kier alpha value is -1.01. The number of imidazole rings is 1. The van der Waals surface area contributed by atoms with Crippen LogP contribution in [0.4, 0.5) is 0 Å². The summed E-state index contributed by atoms with van der Waals surface area (Å²) in [6, 6.07) is 3.42. The Morgan fingerprint density at radius 3 is 2.70 bits per heavy atom. The molecule has 0 aliphatic rings. The van der Waals surface area contributed by atoms with Gasteiger partial charge in [-0.15, -0.1) is 11.6 Å². The summed E-state index contributed by atoms with van der Waals surface area (Å²) in [6.45, 7) is 0.692. The zero-order valence-electron chi connectivity index (χ0n) is 10.4. The van der Waals surface area contributed by atoms with Crippen LogP contribution >= 0.6 is 34.8 Å². The van der Waals surface area contributed by atoms with Gasteiger partial charge in [-0.3, -0.25) is 4.79 Å². The van der Waals surface area contributed by atoms with Crippen LogP contribution in [-0.2, 0) is 22.0 Å². The van der Waals surface area contributed by atoms with Crippen molar-refractivity contribution in [1.82, 2.24) is 9.55 Å². The Morgan fingerprint density at radius 2 is 2.05 bits per heavy atom. The lowest BCUT2D eigenvalue weighted by Crippen LogP contribution is -2.20. The largest absolute Gasteiger partial charge is 0.370 e. The van der Waals surface area contributed by atoms with Gasteiger partial charge in [-0.2, -0.15) is 0 Å². The monoisotopic (exact) mass is 335 g/mol. The zero-order chi connectivity index (χ0) is 14.7. The van der Waals surface area contributed by atoms with Gasteiger partial charge in [0.1, 0.15) is 12.4 Å². The number of nitrogens with two attached hydrogens (primary N) is 1. The molecule has 0 radical (unpaired) electrons. The molecule has 5 nitrogen and oxygen atoms in total. The molecule has 0 unspecified atom stereocenters. The fraction of sp³-hybridized carbons (Fsp3) is 0.333. The maximum Gasteiger partial charge on any atom is 0.243 e. The maximum atomic E-state index is 10.6. The highest BCUT2D eigenvalue weighted by Crippen LogP contribution is 2.28. The summed E-state index contributed by atoms with van der Waals surface area (Å²) in [5, 5.41) is 0.884. The number of aromatic nitrogens is 2. The van der Waals surface area contributed by atoms with Gasteiger partial charge in [-0.05, 0) is 12.1 Å². The van der Waals surface area contributed by atoms with Crippen molar-refractivity contribution in [2.75, 3.05) is 13.2 Å². The summed E-state index contributed by atoms with van der Waals surface area (Å²) >= 11 is 17.9. The van der Waals surface area contributed by atoms with Gasteiger partial charge in [0.15, 0.2) is 0 Å². The quantitative estimate of drug-likeness (QED) is 0.651. The predicted molar refractivity (Wildman–Crippen MR) is 79.3 cm³/mol. The van der Waals surface area contributed by atoms with E-state index in [1.54, 1.807) is 12.1 Å². The van der Waals surface area contributed by atoms with Crippen molar-refractivity contribution in [2.24, 2.45) is 5.73 Å². The number of primary amides is 1. The van der Waals surface area contributed by atoms with E-state index < -0.39 is 5.91 Å². The van der Waals surface area contributed by atoms with Gasteiger partial charge < -0.3 is 15.0 Å². The third-order valence-corrected chi connectivity index (χ3v) is 3.65. The van der Waals surface area contributed by atoms with Crippen molar-refractivity contribution in [3.8, 4) is 0 Å². The number of hydrogen-bond acceptors (Lipinski definition) is 3. The molecule has 0 aliphatic heterocycles. The first kappa shape index (κ1) is 15.4. The molecule has 108 valence electrons. The average molecular weight is 337 g/mol. The van der Waals surface area contributed by atoms with E-state index in [9.17, 15) is 4.79 Å². The van der Waals surface area contributed by atoms with Crippen molar-refractivity contribution in [1.29, 1.82) is 0 Å². The van der Waals surface area contributed by atoms with Crippen molar-refractivity contribution in [3.05, 3.63) is 28.0 Å². The fourth-order valence-corrected chi connectivity index (χ4v) is 2.37. The first-order chi connectivity index (χ1) is 9.52. The second kappa shape index (κ2) is 6.63. The number of carbonyl (C=O) groups is 1. The van der Waals surface area contributed by atoms with E-state index >= 15 is 0 Å². The average Bonchev–Trinajstić information content (AvgIpc) is 2.72. The predicted octanol–water partition coefficient (Wildman–Crippen LogP) is 2.58. The minimum absolute atomic E-state index is 0.116. The number of fused-ring (bicyclic) bond motifs is 1. The van der Waals surface area contributed by atoms with Crippen LogP contribution in [0.1, 0.15) is 5.82 Å². The first-order valence-corrected chi connectivity index (χ1v) is 7.08. The number of hydrogen-bond donors (Lipinski definition) is 1. The van der Waals surface area contributed by atoms with E-state index in [0.717, 1.165) is 5.52 Å². The summed E-state index contributed by atoms with van der Waals surface area (Å²) in [5.74, 6) is 0.426. The van der Waals surface area contributed by atoms with Crippen LogP contribution in [0.5, 0.6) is 0 Å². The molecule has 0 aliphatic carbocycles. The van der Waals surface area contributed by atoms with Crippen LogP contribution in [0.3, 0.4) is 0 Å². The molecule has 8 heteroatoms. The van der Waals surface area contributed by atoms with Crippen molar-refractivity contribution in [2.45, 2.75) is 12.4 Å². The third kappa shape index (κ3) is 3.35. The van der Waals surface area contributed by atoms with Gasteiger partial charge in [0.25, 0.3) is 0 Å². The van der Waals surface area contributed by atoms with Gasteiger partial charge in [0.05, 0.1) is 33.6 Å². The molecule has 2 N–H and O–H groups in total. The highest BCUT2D eigenvalue weighted by molar-refractivity contribution is 6.42. The topological polar surface area (TPSA) is 70.1 Å². The lowest BCUT2D eigenvalue weighted by atomic mass is 10.3. The molecule has 20 heavy (non-hydrogen) atoms. The number of ether oxygens (including phenoxy) is 1. The second-order valence-electron chi connectivity index (χ2n) is 4.09. The molecule has 0 bridgehead atoms. The van der Waals surface area contributed by atoms with Crippen molar-refractivity contribution in [3.63, 3.8) is 0 Å². The highest BCUT2D eigenvalue weighted by Gasteiger charge is 2.12. The molecule has 0 saturated heterocycles. The van der Waals surface area contributed by atoms with Gasteiger partial charge in [-0.25, -0.2) is 4.98 Å². The fourth-order valence-electron chi connectivity index (χ4n) is 1.85. The van der Waals surface area contributed by atoms with Crippen LogP contribution in [0.25, 0.3) is 11.0 Å². The summed E-state index contributed by atoms with van der Waals surface area (Å²) in [5.41, 5.74) is 6.53. The van der Waals surface area contributed by atoms with Crippen LogP contribution in [0.15, 0.2) is 12.1 Å².